The zero-order valence-electron chi connectivity index (χ0n) is 14.2. The van der Waals surface area contributed by atoms with Crippen molar-refractivity contribution in [3.63, 3.8) is 0 Å². The van der Waals surface area contributed by atoms with Gasteiger partial charge in [-0.2, -0.15) is 0 Å². The van der Waals surface area contributed by atoms with E-state index in [4.69, 9.17) is 17.3 Å². The lowest BCUT2D eigenvalue weighted by atomic mass is 9.86. The van der Waals surface area contributed by atoms with E-state index in [9.17, 15) is 13.6 Å². The highest BCUT2D eigenvalue weighted by atomic mass is 35.5. The number of halogens is 3. The van der Waals surface area contributed by atoms with Gasteiger partial charge in [-0.1, -0.05) is 23.4 Å². The van der Waals surface area contributed by atoms with Gasteiger partial charge in [0.25, 0.3) is 5.91 Å². The highest BCUT2D eigenvalue weighted by Crippen LogP contribution is 2.57. The van der Waals surface area contributed by atoms with Gasteiger partial charge in [-0.25, -0.2) is 13.8 Å². The van der Waals surface area contributed by atoms with Crippen LogP contribution in [0, 0.1) is 17.6 Å². The van der Waals surface area contributed by atoms with E-state index >= 15 is 0 Å². The Labute approximate surface area is 163 Å². The van der Waals surface area contributed by atoms with Crippen molar-refractivity contribution >= 4 is 40.1 Å². The highest BCUT2D eigenvalue weighted by molar-refractivity contribution is 8.14. The van der Waals surface area contributed by atoms with Crippen LogP contribution in [0.3, 0.4) is 0 Å². The minimum atomic E-state index is -1.06. The SMILES string of the molecule is C[C@]1(c2cc(NC(=O)c3ccc(Cl)cn3)cc(F)c2F)N=C(N)SC2C[C@H]21. The van der Waals surface area contributed by atoms with Crippen LogP contribution in [-0.4, -0.2) is 21.3 Å². The zero-order chi connectivity index (χ0) is 19.3. The highest BCUT2D eigenvalue weighted by Gasteiger charge is 2.56. The van der Waals surface area contributed by atoms with E-state index < -0.39 is 23.1 Å². The molecule has 1 aromatic heterocycles. The Morgan fingerprint density at radius 1 is 1.41 bits per heavy atom. The van der Waals surface area contributed by atoms with Crippen LogP contribution < -0.4 is 11.1 Å². The predicted molar refractivity (Wildman–Crippen MR) is 102 cm³/mol. The summed E-state index contributed by atoms with van der Waals surface area (Å²) in [6.07, 6.45) is 2.16. The van der Waals surface area contributed by atoms with Crippen LogP contribution >= 0.6 is 23.4 Å². The maximum absolute atomic E-state index is 14.6. The second kappa shape index (κ2) is 6.45. The lowest BCUT2D eigenvalue weighted by molar-refractivity contribution is 0.102. The van der Waals surface area contributed by atoms with E-state index in [0.717, 1.165) is 12.5 Å². The van der Waals surface area contributed by atoms with Gasteiger partial charge in [0, 0.05) is 34.7 Å². The summed E-state index contributed by atoms with van der Waals surface area (Å²) in [5, 5.41) is 3.55. The number of pyridine rings is 1. The fourth-order valence-electron chi connectivity index (χ4n) is 3.38. The average Bonchev–Trinajstić information content (AvgIpc) is 3.38. The van der Waals surface area contributed by atoms with Gasteiger partial charge in [0.2, 0.25) is 0 Å². The van der Waals surface area contributed by atoms with E-state index in [1.807, 2.05) is 0 Å². The van der Waals surface area contributed by atoms with E-state index in [1.165, 1.54) is 36.2 Å². The van der Waals surface area contributed by atoms with Crippen LogP contribution in [0.1, 0.15) is 29.4 Å². The van der Waals surface area contributed by atoms with Crippen LogP contribution in [0.25, 0.3) is 0 Å². The Morgan fingerprint density at radius 3 is 2.89 bits per heavy atom. The van der Waals surface area contributed by atoms with E-state index in [0.29, 0.717) is 10.2 Å². The molecule has 1 amide bonds. The lowest BCUT2D eigenvalue weighted by Gasteiger charge is -2.30. The average molecular weight is 409 g/mol. The molecule has 0 bridgehead atoms. The van der Waals surface area contributed by atoms with Crippen LogP contribution in [0.15, 0.2) is 35.5 Å². The molecule has 1 aliphatic carbocycles. The summed E-state index contributed by atoms with van der Waals surface area (Å²) in [7, 11) is 0. The standard InChI is InChI=1S/C18H15ClF2N4OS/c1-18(10-6-14(10)27-17(22)25-18)11-4-9(5-12(20)15(11)21)24-16(26)13-3-2-8(19)7-23-13/h2-5,7,10,14H,6H2,1H3,(H2,22,25)(H,24,26)/t10-,14?,18+/m1/s1. The van der Waals surface area contributed by atoms with Gasteiger partial charge in [0.05, 0.1) is 10.6 Å². The Bertz CT molecular complexity index is 969. The van der Waals surface area contributed by atoms with Crippen LogP contribution in [0.4, 0.5) is 14.5 Å². The number of aromatic nitrogens is 1. The number of carbonyl (C=O) groups excluding carboxylic acids is 1. The summed E-state index contributed by atoms with van der Waals surface area (Å²) >= 11 is 7.21. The van der Waals surface area contributed by atoms with Gasteiger partial charge in [-0.15, -0.1) is 0 Å². The number of fused-ring (bicyclic) bond motifs is 1. The Balaban J connectivity index is 1.69. The van der Waals surface area contributed by atoms with E-state index in [1.54, 1.807) is 6.92 Å². The van der Waals surface area contributed by atoms with Crippen LogP contribution in [0.5, 0.6) is 0 Å². The summed E-state index contributed by atoms with van der Waals surface area (Å²) in [5.41, 5.74) is 5.21. The topological polar surface area (TPSA) is 80.4 Å². The van der Waals surface area contributed by atoms with Crippen molar-refractivity contribution in [3.05, 3.63) is 58.4 Å². The largest absolute Gasteiger partial charge is 0.379 e. The Morgan fingerprint density at radius 2 is 2.19 bits per heavy atom. The first-order chi connectivity index (χ1) is 12.8. The minimum absolute atomic E-state index is 0.0765. The Kier molecular flexibility index (Phi) is 4.35. The number of hydrogen-bond donors (Lipinski definition) is 2. The van der Waals surface area contributed by atoms with Gasteiger partial charge in [-0.3, -0.25) is 9.79 Å². The maximum Gasteiger partial charge on any atom is 0.274 e. The molecule has 1 fully saturated rings. The lowest BCUT2D eigenvalue weighted by Crippen LogP contribution is -2.32. The number of amides is 1. The van der Waals surface area contributed by atoms with Crippen molar-refractivity contribution in [2.45, 2.75) is 24.1 Å². The molecular formula is C18H15ClF2N4OS. The predicted octanol–water partition coefficient (Wildman–Crippen LogP) is 3.93. The number of nitrogens with one attached hydrogen (secondary N) is 1. The van der Waals surface area contributed by atoms with Gasteiger partial charge in [-0.05, 0) is 31.5 Å². The quantitative estimate of drug-likeness (QED) is 0.806. The first kappa shape index (κ1) is 18.2. The number of anilines is 1. The molecule has 3 N–H and O–H groups in total. The molecule has 0 saturated heterocycles. The number of thioether (sulfide) groups is 1. The molecule has 1 aliphatic heterocycles. The maximum atomic E-state index is 14.6. The molecule has 1 saturated carbocycles. The van der Waals surface area contributed by atoms with E-state index in [2.05, 4.69) is 15.3 Å². The number of benzene rings is 1. The number of nitrogens with zero attached hydrogens (tertiary/aromatic N) is 2. The molecule has 27 heavy (non-hydrogen) atoms. The molecule has 9 heteroatoms. The second-order valence-electron chi connectivity index (χ2n) is 6.73. The molecule has 3 atom stereocenters. The van der Waals surface area contributed by atoms with Gasteiger partial charge >= 0.3 is 0 Å². The Hall–Kier alpha value is -2.19. The van der Waals surface area contributed by atoms with Gasteiger partial charge in [0.15, 0.2) is 16.8 Å². The summed E-state index contributed by atoms with van der Waals surface area (Å²) in [5.74, 6) is -2.51. The molecule has 2 aromatic rings. The molecule has 2 heterocycles. The third-order valence-electron chi connectivity index (χ3n) is 4.86. The first-order valence-corrected chi connectivity index (χ1v) is 9.48. The monoisotopic (exact) mass is 408 g/mol. The van der Waals surface area contributed by atoms with Gasteiger partial charge < -0.3 is 11.1 Å². The van der Waals surface area contributed by atoms with Crippen molar-refractivity contribution in [3.8, 4) is 0 Å². The van der Waals surface area contributed by atoms with Crippen molar-refractivity contribution in [1.82, 2.24) is 4.98 Å². The summed E-state index contributed by atoms with van der Waals surface area (Å²) in [6, 6.07) is 5.31. The molecule has 2 aliphatic rings. The summed E-state index contributed by atoms with van der Waals surface area (Å²) in [6.45, 7) is 1.74. The molecule has 1 unspecified atom stereocenters. The third-order valence-corrected chi connectivity index (χ3v) is 6.24. The van der Waals surface area contributed by atoms with Crippen LogP contribution in [-0.2, 0) is 5.54 Å². The fourth-order valence-corrected chi connectivity index (χ4v) is 4.78. The molecule has 0 spiro atoms. The van der Waals surface area contributed by atoms with Gasteiger partial charge in [0.1, 0.15) is 5.69 Å². The normalized spacial score (nSPS) is 26.1. The number of amidine groups is 1. The molecule has 5 nitrogen and oxygen atoms in total. The molecule has 4 rings (SSSR count). The second-order valence-corrected chi connectivity index (χ2v) is 8.43. The molecular weight excluding hydrogens is 394 g/mol. The minimum Gasteiger partial charge on any atom is -0.379 e. The van der Waals surface area contributed by atoms with Crippen molar-refractivity contribution in [1.29, 1.82) is 0 Å². The number of aliphatic imine (C=N–C) groups is 1. The first-order valence-electron chi connectivity index (χ1n) is 8.22. The molecule has 0 radical (unpaired) electrons. The number of nitrogens with two attached hydrogens (primary N) is 1. The number of rotatable bonds is 3. The summed E-state index contributed by atoms with van der Waals surface area (Å²) < 4.78 is 28.9. The third kappa shape index (κ3) is 3.27. The fraction of sp³-hybridized carbons (Fsp3) is 0.278. The van der Waals surface area contributed by atoms with Crippen molar-refractivity contribution in [2.75, 3.05) is 5.32 Å². The van der Waals surface area contributed by atoms with Crippen LogP contribution in [0.2, 0.25) is 5.02 Å². The number of carbonyl (C=O) groups is 1. The zero-order valence-corrected chi connectivity index (χ0v) is 15.7. The summed E-state index contributed by atoms with van der Waals surface area (Å²) in [4.78, 5) is 20.7. The smallest absolute Gasteiger partial charge is 0.274 e. The van der Waals surface area contributed by atoms with Crippen molar-refractivity contribution in [2.24, 2.45) is 16.6 Å². The van der Waals surface area contributed by atoms with Crippen molar-refractivity contribution < 1.29 is 13.6 Å². The molecule has 140 valence electrons. The molecule has 1 aromatic carbocycles. The number of hydrogen-bond acceptors (Lipinski definition) is 5. The van der Waals surface area contributed by atoms with E-state index in [-0.39, 0.29) is 28.1 Å².